The van der Waals surface area contributed by atoms with Crippen LogP contribution in [0.5, 0.6) is 5.75 Å². The summed E-state index contributed by atoms with van der Waals surface area (Å²) in [6, 6.07) is 9.05. The van der Waals surface area contributed by atoms with Gasteiger partial charge in [-0.25, -0.2) is 8.78 Å². The Hall–Kier alpha value is -1.61. The Morgan fingerprint density at radius 3 is 2.53 bits per heavy atom. The first kappa shape index (κ1) is 13.8. The van der Waals surface area contributed by atoms with E-state index in [4.69, 9.17) is 16.3 Å². The zero-order valence-electron chi connectivity index (χ0n) is 10.4. The molecule has 0 heterocycles. The zero-order valence-corrected chi connectivity index (χ0v) is 11.2. The summed E-state index contributed by atoms with van der Waals surface area (Å²) in [5.74, 6) is -0.396. The molecule has 0 radical (unpaired) electrons. The van der Waals surface area contributed by atoms with Crippen molar-refractivity contribution < 1.29 is 13.5 Å². The molecule has 0 N–H and O–H groups in total. The number of aryl methyl sites for hydroxylation is 1. The van der Waals surface area contributed by atoms with E-state index in [9.17, 15) is 8.78 Å². The summed E-state index contributed by atoms with van der Waals surface area (Å²) in [5.41, 5.74) is 0.889. The minimum atomic E-state index is -0.432. The maximum absolute atomic E-state index is 13.6. The summed E-state index contributed by atoms with van der Waals surface area (Å²) in [4.78, 5) is 0. The van der Waals surface area contributed by atoms with Gasteiger partial charge >= 0.3 is 0 Å². The molecule has 2 rings (SSSR count). The van der Waals surface area contributed by atoms with Crippen molar-refractivity contribution in [1.29, 1.82) is 0 Å². The fourth-order valence-corrected chi connectivity index (χ4v) is 1.95. The topological polar surface area (TPSA) is 9.23 Å². The Labute approximate surface area is 115 Å². The van der Waals surface area contributed by atoms with Crippen LogP contribution < -0.4 is 4.74 Å². The van der Waals surface area contributed by atoms with Crippen LogP contribution in [0.3, 0.4) is 0 Å². The lowest BCUT2D eigenvalue weighted by Gasteiger charge is -2.09. The van der Waals surface area contributed by atoms with Crippen molar-refractivity contribution in [1.82, 2.24) is 0 Å². The van der Waals surface area contributed by atoms with E-state index in [1.165, 1.54) is 18.2 Å². The van der Waals surface area contributed by atoms with Crippen molar-refractivity contribution in [2.45, 2.75) is 20.0 Å². The molecule has 0 unspecified atom stereocenters. The SMILES string of the molecule is CCc1ccc(OCc2c(F)cccc2Cl)cc1F. The lowest BCUT2D eigenvalue weighted by atomic mass is 10.1. The van der Waals surface area contributed by atoms with E-state index in [1.807, 2.05) is 6.92 Å². The number of rotatable bonds is 4. The van der Waals surface area contributed by atoms with Crippen LogP contribution in [-0.2, 0) is 13.0 Å². The predicted molar refractivity (Wildman–Crippen MR) is 71.5 cm³/mol. The standard InChI is InChI=1S/C15H13ClF2O/c1-2-10-6-7-11(8-15(10)18)19-9-12-13(16)4-3-5-14(12)17/h3-8H,2,9H2,1H3. The maximum atomic E-state index is 13.6. The van der Waals surface area contributed by atoms with Crippen LogP contribution in [0, 0.1) is 11.6 Å². The predicted octanol–water partition coefficient (Wildman–Crippen LogP) is 4.76. The molecular formula is C15H13ClF2O. The van der Waals surface area contributed by atoms with Gasteiger partial charge in [-0.15, -0.1) is 0 Å². The van der Waals surface area contributed by atoms with E-state index in [0.717, 1.165) is 0 Å². The Bertz CT molecular complexity index is 564. The second-order valence-corrected chi connectivity index (χ2v) is 4.50. The normalized spacial score (nSPS) is 10.5. The van der Waals surface area contributed by atoms with Gasteiger partial charge in [0.1, 0.15) is 24.0 Å². The third-order valence-corrected chi connectivity index (χ3v) is 3.20. The van der Waals surface area contributed by atoms with E-state index in [2.05, 4.69) is 0 Å². The van der Waals surface area contributed by atoms with E-state index in [1.54, 1.807) is 18.2 Å². The summed E-state index contributed by atoms with van der Waals surface area (Å²) in [6.07, 6.45) is 0.616. The molecule has 1 nitrogen and oxygen atoms in total. The second kappa shape index (κ2) is 6.02. The lowest BCUT2D eigenvalue weighted by Crippen LogP contribution is -2.00. The highest BCUT2D eigenvalue weighted by atomic mass is 35.5. The van der Waals surface area contributed by atoms with Gasteiger partial charge in [0.05, 0.1) is 5.02 Å². The molecular weight excluding hydrogens is 270 g/mol. The van der Waals surface area contributed by atoms with E-state index in [-0.39, 0.29) is 18.0 Å². The fraction of sp³-hybridized carbons (Fsp3) is 0.200. The molecule has 0 aliphatic rings. The molecule has 0 spiro atoms. The van der Waals surface area contributed by atoms with Crippen LogP contribution in [0.25, 0.3) is 0 Å². The van der Waals surface area contributed by atoms with Crippen molar-refractivity contribution >= 4 is 11.6 Å². The molecule has 0 fully saturated rings. The van der Waals surface area contributed by atoms with E-state index < -0.39 is 5.82 Å². The van der Waals surface area contributed by atoms with Crippen molar-refractivity contribution in [2.24, 2.45) is 0 Å². The first-order chi connectivity index (χ1) is 9.11. The van der Waals surface area contributed by atoms with Gasteiger partial charge in [-0.3, -0.25) is 0 Å². The number of benzene rings is 2. The monoisotopic (exact) mass is 282 g/mol. The van der Waals surface area contributed by atoms with Crippen molar-refractivity contribution in [3.05, 3.63) is 64.2 Å². The van der Waals surface area contributed by atoms with Crippen LogP contribution in [0.2, 0.25) is 5.02 Å². The molecule has 4 heteroatoms. The summed E-state index contributed by atoms with van der Waals surface area (Å²) >= 11 is 5.88. The average Bonchev–Trinajstić information content (AvgIpc) is 2.38. The Balaban J connectivity index is 2.13. The molecule has 19 heavy (non-hydrogen) atoms. The molecule has 0 aliphatic heterocycles. The molecule has 0 saturated carbocycles. The van der Waals surface area contributed by atoms with Crippen LogP contribution in [-0.4, -0.2) is 0 Å². The zero-order chi connectivity index (χ0) is 13.8. The van der Waals surface area contributed by atoms with Crippen molar-refractivity contribution in [2.75, 3.05) is 0 Å². The molecule has 0 amide bonds. The molecule has 0 aliphatic carbocycles. The lowest BCUT2D eigenvalue weighted by molar-refractivity contribution is 0.298. The van der Waals surface area contributed by atoms with Crippen molar-refractivity contribution in [3.63, 3.8) is 0 Å². The summed E-state index contributed by atoms with van der Waals surface area (Å²) in [7, 11) is 0. The first-order valence-electron chi connectivity index (χ1n) is 5.96. The third-order valence-electron chi connectivity index (χ3n) is 2.85. The van der Waals surface area contributed by atoms with Gasteiger partial charge in [0.25, 0.3) is 0 Å². The number of hydrogen-bond donors (Lipinski definition) is 0. The quantitative estimate of drug-likeness (QED) is 0.785. The fourth-order valence-electron chi connectivity index (χ4n) is 1.73. The van der Waals surface area contributed by atoms with E-state index in [0.29, 0.717) is 22.8 Å². The van der Waals surface area contributed by atoms with E-state index >= 15 is 0 Å². The number of hydrogen-bond acceptors (Lipinski definition) is 1. The Morgan fingerprint density at radius 1 is 1.11 bits per heavy atom. The Morgan fingerprint density at radius 2 is 1.89 bits per heavy atom. The van der Waals surface area contributed by atoms with Gasteiger partial charge in [0.15, 0.2) is 0 Å². The highest BCUT2D eigenvalue weighted by molar-refractivity contribution is 6.31. The highest BCUT2D eigenvalue weighted by Gasteiger charge is 2.08. The van der Waals surface area contributed by atoms with Crippen molar-refractivity contribution in [3.8, 4) is 5.75 Å². The molecule has 0 atom stereocenters. The maximum Gasteiger partial charge on any atom is 0.131 e. The summed E-state index contributed by atoms with van der Waals surface area (Å²) < 4.78 is 32.4. The molecule has 0 saturated heterocycles. The third kappa shape index (κ3) is 3.24. The van der Waals surface area contributed by atoms with Gasteiger partial charge in [0, 0.05) is 11.6 Å². The van der Waals surface area contributed by atoms with Crippen LogP contribution in [0.1, 0.15) is 18.1 Å². The van der Waals surface area contributed by atoms with Crippen LogP contribution in [0.4, 0.5) is 8.78 Å². The van der Waals surface area contributed by atoms with Gasteiger partial charge < -0.3 is 4.74 Å². The summed E-state index contributed by atoms with van der Waals surface area (Å²) in [5, 5.41) is 0.297. The van der Waals surface area contributed by atoms with Gasteiger partial charge in [-0.2, -0.15) is 0 Å². The molecule has 100 valence electrons. The summed E-state index contributed by atoms with van der Waals surface area (Å²) in [6.45, 7) is 1.84. The molecule has 2 aromatic rings. The molecule has 0 bridgehead atoms. The molecule has 0 aromatic heterocycles. The minimum Gasteiger partial charge on any atom is -0.489 e. The average molecular weight is 283 g/mol. The van der Waals surface area contributed by atoms with Gasteiger partial charge in [0.2, 0.25) is 0 Å². The highest BCUT2D eigenvalue weighted by Crippen LogP contribution is 2.22. The molecule has 2 aromatic carbocycles. The van der Waals surface area contributed by atoms with Crippen LogP contribution >= 0.6 is 11.6 Å². The first-order valence-corrected chi connectivity index (χ1v) is 6.33. The van der Waals surface area contributed by atoms with Gasteiger partial charge in [-0.05, 0) is 30.2 Å². The number of ether oxygens (including phenoxy) is 1. The Kier molecular flexibility index (Phi) is 4.38. The largest absolute Gasteiger partial charge is 0.489 e. The minimum absolute atomic E-state index is 0.0313. The smallest absolute Gasteiger partial charge is 0.131 e. The van der Waals surface area contributed by atoms with Gasteiger partial charge in [-0.1, -0.05) is 30.7 Å². The number of halogens is 3. The second-order valence-electron chi connectivity index (χ2n) is 4.10. The van der Waals surface area contributed by atoms with Crippen LogP contribution in [0.15, 0.2) is 36.4 Å².